The zero-order valence-electron chi connectivity index (χ0n) is 12.1. The summed E-state index contributed by atoms with van der Waals surface area (Å²) in [6.07, 6.45) is 4.60. The van der Waals surface area contributed by atoms with Crippen LogP contribution in [0.25, 0.3) is 0 Å². The largest absolute Gasteiger partial charge is 0.465 e. The Morgan fingerprint density at radius 2 is 2.10 bits per heavy atom. The molecule has 0 aliphatic carbocycles. The van der Waals surface area contributed by atoms with Crippen LogP contribution in [0.2, 0.25) is 0 Å². The van der Waals surface area contributed by atoms with E-state index in [1.54, 1.807) is 12.1 Å². The second kappa shape index (κ2) is 6.55. The van der Waals surface area contributed by atoms with Crippen molar-refractivity contribution in [3.8, 4) is 0 Å². The molecule has 108 valence electrons. The smallest absolute Gasteiger partial charge is 0.337 e. The number of fused-ring (bicyclic) bond motifs is 1. The molecule has 0 fully saturated rings. The Balaban J connectivity index is 2.03. The Bertz CT molecular complexity index is 510. The maximum absolute atomic E-state index is 12.3. The first-order valence-electron chi connectivity index (χ1n) is 7.18. The monoisotopic (exact) mass is 275 g/mol. The van der Waals surface area contributed by atoms with E-state index in [1.807, 2.05) is 11.0 Å². The minimum atomic E-state index is -0.401. The minimum Gasteiger partial charge on any atom is -0.465 e. The number of carbonyl (C=O) groups excluding carboxylic acids is 2. The third-order valence-electron chi connectivity index (χ3n) is 3.69. The molecule has 2 rings (SSSR count). The number of hydrogen-bond donors (Lipinski definition) is 0. The van der Waals surface area contributed by atoms with E-state index in [2.05, 4.69) is 11.7 Å². The number of rotatable bonds is 6. The van der Waals surface area contributed by atoms with Crippen molar-refractivity contribution >= 4 is 11.9 Å². The normalized spacial score (nSPS) is 13.5. The number of hydrogen-bond acceptors (Lipinski definition) is 3. The van der Waals surface area contributed by atoms with Crippen LogP contribution < -0.4 is 0 Å². The Morgan fingerprint density at radius 1 is 1.30 bits per heavy atom. The Labute approximate surface area is 119 Å². The molecule has 4 heteroatoms. The van der Waals surface area contributed by atoms with Gasteiger partial charge in [-0.05, 0) is 24.1 Å². The fourth-order valence-corrected chi connectivity index (χ4v) is 2.52. The zero-order valence-corrected chi connectivity index (χ0v) is 12.1. The van der Waals surface area contributed by atoms with Crippen LogP contribution in [0.1, 0.15) is 58.9 Å². The van der Waals surface area contributed by atoms with E-state index in [0.29, 0.717) is 17.7 Å². The van der Waals surface area contributed by atoms with Crippen LogP contribution in [0.5, 0.6) is 0 Å². The molecule has 0 aromatic heterocycles. The van der Waals surface area contributed by atoms with Crippen LogP contribution in [-0.2, 0) is 11.3 Å². The first-order valence-corrected chi connectivity index (χ1v) is 7.18. The Morgan fingerprint density at radius 3 is 2.80 bits per heavy atom. The van der Waals surface area contributed by atoms with Crippen molar-refractivity contribution in [3.63, 3.8) is 0 Å². The van der Waals surface area contributed by atoms with Crippen LogP contribution in [0.3, 0.4) is 0 Å². The summed E-state index contributed by atoms with van der Waals surface area (Å²) in [5.74, 6) is -0.371. The maximum Gasteiger partial charge on any atom is 0.337 e. The minimum absolute atomic E-state index is 0.0299. The summed E-state index contributed by atoms with van der Waals surface area (Å²) in [5, 5.41) is 0. The SMILES string of the molecule is CCCCCCN1Cc2ccc(C(=O)OC)cc2C1=O. The number of nitrogens with zero attached hydrogens (tertiary/aromatic N) is 1. The van der Waals surface area contributed by atoms with Crippen molar-refractivity contribution < 1.29 is 14.3 Å². The van der Waals surface area contributed by atoms with Crippen molar-refractivity contribution in [2.24, 2.45) is 0 Å². The number of methoxy groups -OCH3 is 1. The summed E-state index contributed by atoms with van der Waals surface area (Å²) in [6, 6.07) is 5.22. The van der Waals surface area contributed by atoms with Gasteiger partial charge >= 0.3 is 5.97 Å². The lowest BCUT2D eigenvalue weighted by atomic mass is 10.1. The van der Waals surface area contributed by atoms with Crippen molar-refractivity contribution in [1.29, 1.82) is 0 Å². The van der Waals surface area contributed by atoms with Gasteiger partial charge in [-0.3, -0.25) is 4.79 Å². The number of benzene rings is 1. The number of amides is 1. The van der Waals surface area contributed by atoms with Crippen LogP contribution in [0.4, 0.5) is 0 Å². The van der Waals surface area contributed by atoms with E-state index in [0.717, 1.165) is 24.9 Å². The van der Waals surface area contributed by atoms with Gasteiger partial charge in [-0.15, -0.1) is 0 Å². The van der Waals surface area contributed by atoms with E-state index in [1.165, 1.54) is 20.0 Å². The highest BCUT2D eigenvalue weighted by atomic mass is 16.5. The molecule has 0 bridgehead atoms. The molecule has 0 unspecified atom stereocenters. The van der Waals surface area contributed by atoms with Crippen molar-refractivity contribution in [3.05, 3.63) is 34.9 Å². The summed E-state index contributed by atoms with van der Waals surface area (Å²) in [5.41, 5.74) is 2.08. The molecule has 4 nitrogen and oxygen atoms in total. The molecule has 0 saturated heterocycles. The van der Waals surface area contributed by atoms with Crippen molar-refractivity contribution in [2.45, 2.75) is 39.2 Å². The first kappa shape index (κ1) is 14.6. The molecule has 1 amide bonds. The van der Waals surface area contributed by atoms with Crippen molar-refractivity contribution in [2.75, 3.05) is 13.7 Å². The summed E-state index contributed by atoms with van der Waals surface area (Å²) in [6.45, 7) is 3.62. The molecule has 1 aliphatic rings. The third-order valence-corrected chi connectivity index (χ3v) is 3.69. The second-order valence-electron chi connectivity index (χ2n) is 5.15. The fourth-order valence-electron chi connectivity index (χ4n) is 2.52. The summed E-state index contributed by atoms with van der Waals surface area (Å²) in [7, 11) is 1.34. The Kier molecular flexibility index (Phi) is 4.77. The van der Waals surface area contributed by atoms with E-state index in [9.17, 15) is 9.59 Å². The maximum atomic E-state index is 12.3. The number of ether oxygens (including phenoxy) is 1. The van der Waals surface area contributed by atoms with Gasteiger partial charge < -0.3 is 9.64 Å². The highest BCUT2D eigenvalue weighted by Crippen LogP contribution is 2.24. The quantitative estimate of drug-likeness (QED) is 0.592. The molecule has 0 N–H and O–H groups in total. The summed E-state index contributed by atoms with van der Waals surface area (Å²) < 4.78 is 4.69. The van der Waals surface area contributed by atoms with E-state index in [4.69, 9.17) is 0 Å². The molecular weight excluding hydrogens is 254 g/mol. The van der Waals surface area contributed by atoms with Gasteiger partial charge in [0, 0.05) is 18.7 Å². The highest BCUT2D eigenvalue weighted by molar-refractivity contribution is 6.01. The second-order valence-corrected chi connectivity index (χ2v) is 5.15. The van der Waals surface area contributed by atoms with E-state index in [-0.39, 0.29) is 5.91 Å². The molecule has 1 heterocycles. The molecule has 1 aromatic carbocycles. The molecule has 0 spiro atoms. The Hall–Kier alpha value is -1.84. The van der Waals surface area contributed by atoms with E-state index < -0.39 is 5.97 Å². The molecule has 0 atom stereocenters. The molecule has 0 radical (unpaired) electrons. The fraction of sp³-hybridized carbons (Fsp3) is 0.500. The lowest BCUT2D eigenvalue weighted by Gasteiger charge is -2.14. The van der Waals surface area contributed by atoms with Crippen molar-refractivity contribution in [1.82, 2.24) is 4.90 Å². The molecule has 20 heavy (non-hydrogen) atoms. The van der Waals surface area contributed by atoms with Crippen LogP contribution in [0.15, 0.2) is 18.2 Å². The predicted molar refractivity (Wildman–Crippen MR) is 76.7 cm³/mol. The standard InChI is InChI=1S/C16H21NO3/c1-3-4-5-6-9-17-11-13-8-7-12(16(19)20-2)10-14(13)15(17)18/h7-8,10H,3-6,9,11H2,1-2H3. The number of unbranched alkanes of at least 4 members (excludes halogenated alkanes) is 3. The molecule has 1 aromatic rings. The average Bonchev–Trinajstić information content (AvgIpc) is 2.79. The summed E-state index contributed by atoms with van der Waals surface area (Å²) >= 11 is 0. The predicted octanol–water partition coefficient (Wildman–Crippen LogP) is 3.01. The van der Waals surface area contributed by atoms with Gasteiger partial charge in [-0.2, -0.15) is 0 Å². The lowest BCUT2D eigenvalue weighted by molar-refractivity contribution is 0.0600. The van der Waals surface area contributed by atoms with Gasteiger partial charge in [0.15, 0.2) is 0 Å². The van der Waals surface area contributed by atoms with Crippen LogP contribution in [0, 0.1) is 0 Å². The van der Waals surface area contributed by atoms with E-state index >= 15 is 0 Å². The molecular formula is C16H21NO3. The first-order chi connectivity index (χ1) is 9.67. The van der Waals surface area contributed by atoms with Gasteiger partial charge in [0.05, 0.1) is 12.7 Å². The number of carbonyl (C=O) groups is 2. The zero-order chi connectivity index (χ0) is 14.5. The summed E-state index contributed by atoms with van der Waals surface area (Å²) in [4.78, 5) is 25.7. The lowest BCUT2D eigenvalue weighted by Crippen LogP contribution is -2.25. The van der Waals surface area contributed by atoms with Gasteiger partial charge in [-0.1, -0.05) is 32.3 Å². The van der Waals surface area contributed by atoms with Gasteiger partial charge in [0.25, 0.3) is 5.91 Å². The molecule has 0 saturated carbocycles. The average molecular weight is 275 g/mol. The van der Waals surface area contributed by atoms with Gasteiger partial charge in [0.1, 0.15) is 0 Å². The van der Waals surface area contributed by atoms with Crippen LogP contribution >= 0.6 is 0 Å². The third kappa shape index (κ3) is 3.00. The van der Waals surface area contributed by atoms with Crippen LogP contribution in [-0.4, -0.2) is 30.4 Å². The van der Waals surface area contributed by atoms with Gasteiger partial charge in [0.2, 0.25) is 0 Å². The highest BCUT2D eigenvalue weighted by Gasteiger charge is 2.27. The molecule has 1 aliphatic heterocycles. The topological polar surface area (TPSA) is 46.6 Å². The number of esters is 1. The van der Waals surface area contributed by atoms with Gasteiger partial charge in [-0.25, -0.2) is 4.79 Å².